The molecule has 1 aliphatic rings. The Morgan fingerprint density at radius 1 is 1.26 bits per heavy atom. The van der Waals surface area contributed by atoms with Gasteiger partial charge in [-0.25, -0.2) is 0 Å². The van der Waals surface area contributed by atoms with Gasteiger partial charge in [0, 0.05) is 17.5 Å². The minimum Gasteiger partial charge on any atom is -0.349 e. The molecule has 0 atom stereocenters. The van der Waals surface area contributed by atoms with Crippen LogP contribution < -0.4 is 5.32 Å². The van der Waals surface area contributed by atoms with E-state index in [2.05, 4.69) is 11.4 Å². The highest BCUT2D eigenvalue weighted by Crippen LogP contribution is 2.25. The lowest BCUT2D eigenvalue weighted by Gasteiger charge is -2.28. The van der Waals surface area contributed by atoms with E-state index < -0.39 is 0 Å². The van der Waals surface area contributed by atoms with Gasteiger partial charge in [0.1, 0.15) is 0 Å². The molecule has 1 aliphatic carbocycles. The Bertz CT molecular complexity index is 450. The van der Waals surface area contributed by atoms with E-state index in [1.807, 2.05) is 26.0 Å². The fourth-order valence-electron chi connectivity index (χ4n) is 2.79. The number of nitrogens with one attached hydrogen (secondary N) is 1. The third-order valence-electron chi connectivity index (χ3n) is 4.03. The number of amides is 1. The summed E-state index contributed by atoms with van der Waals surface area (Å²) in [5.41, 5.74) is 3.04. The summed E-state index contributed by atoms with van der Waals surface area (Å²) in [4.78, 5) is 12.3. The van der Waals surface area contributed by atoms with Gasteiger partial charge in [-0.15, -0.1) is 11.6 Å². The van der Waals surface area contributed by atoms with E-state index in [1.165, 1.54) is 5.56 Å². The van der Waals surface area contributed by atoms with Crippen LogP contribution in [0.15, 0.2) is 18.2 Å². The molecule has 1 saturated carbocycles. The van der Waals surface area contributed by atoms with E-state index in [9.17, 15) is 4.79 Å². The second kappa shape index (κ2) is 6.42. The van der Waals surface area contributed by atoms with Crippen molar-refractivity contribution in [2.45, 2.75) is 45.6 Å². The molecule has 0 spiro atoms. The van der Waals surface area contributed by atoms with E-state index in [0.29, 0.717) is 12.0 Å². The van der Waals surface area contributed by atoms with Crippen molar-refractivity contribution in [1.29, 1.82) is 0 Å². The number of aryl methyl sites for hydroxylation is 2. The largest absolute Gasteiger partial charge is 0.349 e. The smallest absolute Gasteiger partial charge is 0.251 e. The number of hydrogen-bond acceptors (Lipinski definition) is 1. The Kier molecular flexibility index (Phi) is 4.87. The van der Waals surface area contributed by atoms with E-state index in [0.717, 1.165) is 42.7 Å². The first-order chi connectivity index (χ1) is 9.10. The van der Waals surface area contributed by atoms with Crippen molar-refractivity contribution in [3.8, 4) is 0 Å². The maximum absolute atomic E-state index is 12.3. The van der Waals surface area contributed by atoms with Crippen molar-refractivity contribution < 1.29 is 4.79 Å². The molecule has 0 heterocycles. The molecule has 2 nitrogen and oxygen atoms in total. The van der Waals surface area contributed by atoms with Crippen LogP contribution in [0.1, 0.15) is 47.2 Å². The summed E-state index contributed by atoms with van der Waals surface area (Å²) in [6.45, 7) is 4.04. The summed E-state index contributed by atoms with van der Waals surface area (Å²) < 4.78 is 0. The third-order valence-corrected chi connectivity index (χ3v) is 4.46. The standard InChI is InChI=1S/C16H22ClNO/c1-11-3-8-15(12(2)9-11)16(19)18-14-6-4-13(10-17)5-7-14/h3,8-9,13-14H,4-7,10H2,1-2H3,(H,18,19). The van der Waals surface area contributed by atoms with Crippen LogP contribution in [0.5, 0.6) is 0 Å². The van der Waals surface area contributed by atoms with Crippen molar-refractivity contribution >= 4 is 17.5 Å². The molecule has 19 heavy (non-hydrogen) atoms. The van der Waals surface area contributed by atoms with Crippen molar-refractivity contribution in [1.82, 2.24) is 5.32 Å². The van der Waals surface area contributed by atoms with Gasteiger partial charge in [0.25, 0.3) is 5.91 Å². The Labute approximate surface area is 120 Å². The Balaban J connectivity index is 1.94. The fourth-order valence-corrected chi connectivity index (χ4v) is 3.10. The van der Waals surface area contributed by atoms with E-state index >= 15 is 0 Å². The molecule has 0 bridgehead atoms. The number of carbonyl (C=O) groups excluding carboxylic acids is 1. The van der Waals surface area contributed by atoms with Gasteiger partial charge in [-0.1, -0.05) is 17.7 Å². The lowest BCUT2D eigenvalue weighted by atomic mass is 9.87. The summed E-state index contributed by atoms with van der Waals surface area (Å²) in [7, 11) is 0. The molecule has 1 aromatic rings. The first-order valence-corrected chi connectivity index (χ1v) is 7.57. The van der Waals surface area contributed by atoms with Crippen LogP contribution >= 0.6 is 11.6 Å². The predicted octanol–water partition coefficient (Wildman–Crippen LogP) is 3.83. The van der Waals surface area contributed by atoms with Gasteiger partial charge in [0.15, 0.2) is 0 Å². The van der Waals surface area contributed by atoms with Crippen LogP contribution in [0, 0.1) is 19.8 Å². The average Bonchev–Trinajstić information content (AvgIpc) is 2.39. The molecule has 2 rings (SSSR count). The number of carbonyl (C=O) groups is 1. The van der Waals surface area contributed by atoms with E-state index in [1.54, 1.807) is 0 Å². The minimum atomic E-state index is 0.0619. The normalized spacial score (nSPS) is 23.1. The van der Waals surface area contributed by atoms with Gasteiger partial charge in [-0.3, -0.25) is 4.79 Å². The van der Waals surface area contributed by atoms with Gasteiger partial charge in [-0.2, -0.15) is 0 Å². The average molecular weight is 280 g/mol. The highest BCUT2D eigenvalue weighted by Gasteiger charge is 2.22. The predicted molar refractivity (Wildman–Crippen MR) is 79.8 cm³/mol. The maximum atomic E-state index is 12.3. The summed E-state index contributed by atoms with van der Waals surface area (Å²) in [5.74, 6) is 1.44. The molecule has 1 amide bonds. The van der Waals surface area contributed by atoms with Crippen molar-refractivity contribution in [3.05, 3.63) is 34.9 Å². The zero-order chi connectivity index (χ0) is 13.8. The molecule has 1 N–H and O–H groups in total. The molecule has 104 valence electrons. The van der Waals surface area contributed by atoms with Crippen molar-refractivity contribution in [2.75, 3.05) is 5.88 Å². The maximum Gasteiger partial charge on any atom is 0.251 e. The molecule has 3 heteroatoms. The van der Waals surface area contributed by atoms with Crippen LogP contribution in [0.3, 0.4) is 0 Å². The van der Waals surface area contributed by atoms with Crippen LogP contribution in [0.2, 0.25) is 0 Å². The van der Waals surface area contributed by atoms with Gasteiger partial charge >= 0.3 is 0 Å². The van der Waals surface area contributed by atoms with Crippen LogP contribution in [0.4, 0.5) is 0 Å². The fraction of sp³-hybridized carbons (Fsp3) is 0.562. The molecular formula is C16H22ClNO. The number of alkyl halides is 1. The highest BCUT2D eigenvalue weighted by molar-refractivity contribution is 6.18. The second-order valence-corrected chi connectivity index (χ2v) is 5.97. The summed E-state index contributed by atoms with van der Waals surface area (Å²) in [6, 6.07) is 6.28. The Hall–Kier alpha value is -1.02. The summed E-state index contributed by atoms with van der Waals surface area (Å²) in [6.07, 6.45) is 4.35. The lowest BCUT2D eigenvalue weighted by molar-refractivity contribution is 0.0922. The first kappa shape index (κ1) is 14.4. The molecule has 0 saturated heterocycles. The van der Waals surface area contributed by atoms with E-state index in [4.69, 9.17) is 11.6 Å². The number of benzene rings is 1. The summed E-state index contributed by atoms with van der Waals surface area (Å²) >= 11 is 5.88. The van der Waals surface area contributed by atoms with Gasteiger partial charge < -0.3 is 5.32 Å². The summed E-state index contributed by atoms with van der Waals surface area (Å²) in [5, 5.41) is 3.16. The molecule has 0 radical (unpaired) electrons. The Morgan fingerprint density at radius 3 is 2.53 bits per heavy atom. The molecule has 0 unspecified atom stereocenters. The molecule has 1 aromatic carbocycles. The monoisotopic (exact) mass is 279 g/mol. The SMILES string of the molecule is Cc1ccc(C(=O)NC2CCC(CCl)CC2)c(C)c1. The molecule has 0 aliphatic heterocycles. The molecule has 1 fully saturated rings. The zero-order valence-electron chi connectivity index (χ0n) is 11.7. The first-order valence-electron chi connectivity index (χ1n) is 7.04. The van der Waals surface area contributed by atoms with Crippen LogP contribution in [0.25, 0.3) is 0 Å². The topological polar surface area (TPSA) is 29.1 Å². The number of halogens is 1. The highest BCUT2D eigenvalue weighted by atomic mass is 35.5. The van der Waals surface area contributed by atoms with Gasteiger partial charge in [0.2, 0.25) is 0 Å². The Morgan fingerprint density at radius 2 is 1.95 bits per heavy atom. The van der Waals surface area contributed by atoms with Gasteiger partial charge in [-0.05, 0) is 57.1 Å². The third kappa shape index (κ3) is 3.73. The molecule has 0 aromatic heterocycles. The minimum absolute atomic E-state index is 0.0619. The number of hydrogen-bond donors (Lipinski definition) is 1. The lowest BCUT2D eigenvalue weighted by Crippen LogP contribution is -2.38. The number of rotatable bonds is 3. The second-order valence-electron chi connectivity index (χ2n) is 5.66. The zero-order valence-corrected chi connectivity index (χ0v) is 12.5. The van der Waals surface area contributed by atoms with Crippen LogP contribution in [-0.2, 0) is 0 Å². The van der Waals surface area contributed by atoms with Gasteiger partial charge in [0.05, 0.1) is 0 Å². The van der Waals surface area contributed by atoms with Crippen molar-refractivity contribution in [3.63, 3.8) is 0 Å². The van der Waals surface area contributed by atoms with Crippen molar-refractivity contribution in [2.24, 2.45) is 5.92 Å². The van der Waals surface area contributed by atoms with Crippen LogP contribution in [-0.4, -0.2) is 17.8 Å². The quantitative estimate of drug-likeness (QED) is 0.837. The van der Waals surface area contributed by atoms with E-state index in [-0.39, 0.29) is 5.91 Å². The molecular weight excluding hydrogens is 258 g/mol.